The average Bonchev–Trinajstić information content (AvgIpc) is 3.38. The highest BCUT2D eigenvalue weighted by atomic mass is 16.5. The lowest BCUT2D eigenvalue weighted by Crippen LogP contribution is -2.02. The highest BCUT2D eigenvalue weighted by molar-refractivity contribution is 5.77. The number of H-pyrrole nitrogens is 1. The summed E-state index contributed by atoms with van der Waals surface area (Å²) < 4.78 is 14.5. The van der Waals surface area contributed by atoms with Crippen molar-refractivity contribution in [1.82, 2.24) is 29.5 Å². The Morgan fingerprint density at radius 1 is 1.33 bits per heavy atom. The summed E-state index contributed by atoms with van der Waals surface area (Å²) in [6, 6.07) is 5.85. The van der Waals surface area contributed by atoms with E-state index in [1.165, 1.54) is 0 Å². The maximum Gasteiger partial charge on any atom is 0.377 e. The molecular formula is C18H16N6O3. The summed E-state index contributed by atoms with van der Waals surface area (Å²) in [6.45, 7) is 2.82. The third-order valence-electron chi connectivity index (χ3n) is 4.74. The van der Waals surface area contributed by atoms with Crippen LogP contribution in [0.2, 0.25) is 0 Å². The van der Waals surface area contributed by atoms with E-state index in [0.717, 1.165) is 40.5 Å². The number of hydrogen-bond donors (Lipinski definition) is 1. The number of aromatic amines is 1. The molecule has 5 rings (SSSR count). The van der Waals surface area contributed by atoms with Gasteiger partial charge in [0.2, 0.25) is 0 Å². The summed E-state index contributed by atoms with van der Waals surface area (Å²) in [5.41, 5.74) is 4.74. The Kier molecular flexibility index (Phi) is 3.30. The molecule has 136 valence electrons. The quantitative estimate of drug-likeness (QED) is 0.525. The van der Waals surface area contributed by atoms with Crippen LogP contribution in [0.15, 0.2) is 40.0 Å². The molecule has 0 radical (unpaired) electrons. The number of rotatable bonds is 3. The summed E-state index contributed by atoms with van der Waals surface area (Å²) in [7, 11) is 1.64. The zero-order valence-corrected chi connectivity index (χ0v) is 14.8. The Morgan fingerprint density at radius 2 is 2.22 bits per heavy atom. The maximum atomic E-state index is 11.4. The van der Waals surface area contributed by atoms with E-state index in [-0.39, 0.29) is 5.89 Å². The van der Waals surface area contributed by atoms with Gasteiger partial charge in [-0.05, 0) is 25.1 Å². The number of methoxy groups -OCH3 is 1. The zero-order valence-electron chi connectivity index (χ0n) is 14.8. The summed E-state index contributed by atoms with van der Waals surface area (Å²) in [5.74, 6) is 0.933. The minimum atomic E-state index is -0.537. The van der Waals surface area contributed by atoms with E-state index >= 15 is 0 Å². The Bertz CT molecular complexity index is 1210. The molecule has 1 aliphatic rings. The van der Waals surface area contributed by atoms with Crippen LogP contribution < -0.4 is 10.4 Å². The number of ether oxygens (including phenoxy) is 1. The van der Waals surface area contributed by atoms with Crippen molar-refractivity contribution in [3.63, 3.8) is 0 Å². The molecule has 1 aliphatic heterocycles. The van der Waals surface area contributed by atoms with Crippen LogP contribution in [-0.2, 0) is 13.0 Å². The molecule has 0 spiro atoms. The maximum absolute atomic E-state index is 11.4. The third-order valence-corrected chi connectivity index (χ3v) is 4.74. The lowest BCUT2D eigenvalue weighted by molar-refractivity contribution is 0.415. The number of aromatic nitrogens is 6. The molecule has 9 nitrogen and oxygen atoms in total. The van der Waals surface area contributed by atoms with Gasteiger partial charge in [0.15, 0.2) is 5.69 Å². The van der Waals surface area contributed by atoms with Gasteiger partial charge >= 0.3 is 5.69 Å². The largest absolute Gasteiger partial charge is 0.497 e. The summed E-state index contributed by atoms with van der Waals surface area (Å²) in [4.78, 5) is 19.7. The summed E-state index contributed by atoms with van der Waals surface area (Å²) >= 11 is 0. The Hall–Kier alpha value is -3.62. The van der Waals surface area contributed by atoms with Crippen LogP contribution in [0.3, 0.4) is 0 Å². The van der Waals surface area contributed by atoms with Crippen LogP contribution >= 0.6 is 0 Å². The van der Waals surface area contributed by atoms with Gasteiger partial charge in [0, 0.05) is 30.3 Å². The lowest BCUT2D eigenvalue weighted by atomic mass is 10.0. The second-order valence-electron chi connectivity index (χ2n) is 6.25. The van der Waals surface area contributed by atoms with Crippen molar-refractivity contribution in [3.8, 4) is 34.3 Å². The van der Waals surface area contributed by atoms with Gasteiger partial charge in [-0.15, -0.1) is 0 Å². The van der Waals surface area contributed by atoms with Crippen molar-refractivity contribution in [2.24, 2.45) is 0 Å². The number of fused-ring (bicyclic) bond motifs is 5. The van der Waals surface area contributed by atoms with Gasteiger partial charge in [-0.1, -0.05) is 0 Å². The molecule has 0 amide bonds. The number of imidazole rings is 1. The van der Waals surface area contributed by atoms with E-state index in [2.05, 4.69) is 15.1 Å². The minimum absolute atomic E-state index is 0.176. The van der Waals surface area contributed by atoms with Crippen molar-refractivity contribution < 1.29 is 9.26 Å². The van der Waals surface area contributed by atoms with E-state index in [9.17, 15) is 4.79 Å². The second kappa shape index (κ2) is 5.70. The first-order valence-electron chi connectivity index (χ1n) is 8.55. The van der Waals surface area contributed by atoms with E-state index in [1.807, 2.05) is 40.6 Å². The van der Waals surface area contributed by atoms with Crippen molar-refractivity contribution in [2.45, 2.75) is 19.9 Å². The standard InChI is InChI=1S/C18H16N6O3/c1-3-23-8-10-6-14-16(17-20-18(25)22-27-17)19-9-24(14)13-5-4-11(26-2)7-12(13)15(10)21-23/h4-5,7-9H,3,6H2,1-2H3,(H,22,25). The SMILES string of the molecule is CCn1cc2c(n1)-c1cc(OC)ccc1-n1cnc(-c3nc(=O)[nH]o3)c1C2. The van der Waals surface area contributed by atoms with Crippen LogP contribution in [-0.4, -0.2) is 36.6 Å². The molecule has 0 unspecified atom stereocenters. The zero-order chi connectivity index (χ0) is 18.5. The predicted molar refractivity (Wildman–Crippen MR) is 95.9 cm³/mol. The van der Waals surface area contributed by atoms with Gasteiger partial charge < -0.3 is 13.8 Å². The minimum Gasteiger partial charge on any atom is -0.497 e. The number of benzene rings is 1. The fourth-order valence-electron chi connectivity index (χ4n) is 3.46. The van der Waals surface area contributed by atoms with Crippen molar-refractivity contribution >= 4 is 0 Å². The highest BCUT2D eigenvalue weighted by Crippen LogP contribution is 2.38. The van der Waals surface area contributed by atoms with E-state index in [4.69, 9.17) is 14.4 Å². The fraction of sp³-hybridized carbons (Fsp3) is 0.222. The van der Waals surface area contributed by atoms with E-state index < -0.39 is 5.69 Å². The fourth-order valence-corrected chi connectivity index (χ4v) is 3.46. The van der Waals surface area contributed by atoms with Gasteiger partial charge in [-0.3, -0.25) is 4.68 Å². The first kappa shape index (κ1) is 15.6. The topological polar surface area (TPSA) is 104 Å². The molecule has 0 atom stereocenters. The number of aryl methyl sites for hydroxylation is 1. The monoisotopic (exact) mass is 364 g/mol. The molecule has 1 N–H and O–H groups in total. The molecule has 1 aromatic carbocycles. The van der Waals surface area contributed by atoms with Gasteiger partial charge in [-0.2, -0.15) is 15.2 Å². The van der Waals surface area contributed by atoms with Crippen LogP contribution in [0.1, 0.15) is 18.2 Å². The van der Waals surface area contributed by atoms with Crippen LogP contribution in [0, 0.1) is 0 Å². The average molecular weight is 364 g/mol. The Morgan fingerprint density at radius 3 is 2.96 bits per heavy atom. The van der Waals surface area contributed by atoms with Crippen LogP contribution in [0.4, 0.5) is 0 Å². The van der Waals surface area contributed by atoms with E-state index in [0.29, 0.717) is 12.1 Å². The molecule has 0 bridgehead atoms. The molecule has 0 saturated carbocycles. The molecule has 0 aliphatic carbocycles. The summed E-state index contributed by atoms with van der Waals surface area (Å²) in [5, 5.41) is 6.97. The van der Waals surface area contributed by atoms with Crippen molar-refractivity contribution in [3.05, 3.63) is 52.5 Å². The molecule has 3 aromatic heterocycles. The van der Waals surface area contributed by atoms with Crippen molar-refractivity contribution in [1.29, 1.82) is 0 Å². The second-order valence-corrected chi connectivity index (χ2v) is 6.25. The molecular weight excluding hydrogens is 348 g/mol. The first-order chi connectivity index (χ1) is 13.2. The molecule has 4 heterocycles. The Labute approximate surface area is 153 Å². The number of nitrogens with one attached hydrogen (secondary N) is 1. The normalized spacial score (nSPS) is 12.2. The van der Waals surface area contributed by atoms with Crippen LogP contribution in [0.25, 0.3) is 28.5 Å². The van der Waals surface area contributed by atoms with E-state index in [1.54, 1.807) is 13.4 Å². The smallest absolute Gasteiger partial charge is 0.377 e. The van der Waals surface area contributed by atoms with Gasteiger partial charge in [0.1, 0.15) is 12.1 Å². The van der Waals surface area contributed by atoms with Gasteiger partial charge in [0.05, 0.1) is 24.2 Å². The Balaban J connectivity index is 1.80. The molecule has 0 saturated heterocycles. The molecule has 27 heavy (non-hydrogen) atoms. The molecule has 4 aromatic rings. The number of hydrogen-bond acceptors (Lipinski definition) is 6. The molecule has 9 heteroatoms. The predicted octanol–water partition coefficient (Wildman–Crippen LogP) is 2.01. The van der Waals surface area contributed by atoms with Crippen LogP contribution in [0.5, 0.6) is 5.75 Å². The highest BCUT2D eigenvalue weighted by Gasteiger charge is 2.27. The van der Waals surface area contributed by atoms with Gasteiger partial charge in [-0.25, -0.2) is 9.78 Å². The summed E-state index contributed by atoms with van der Waals surface area (Å²) in [6.07, 6.45) is 4.33. The number of nitrogens with zero attached hydrogens (tertiary/aromatic N) is 5. The first-order valence-corrected chi connectivity index (χ1v) is 8.55. The van der Waals surface area contributed by atoms with Gasteiger partial charge in [0.25, 0.3) is 5.89 Å². The third kappa shape index (κ3) is 2.31. The lowest BCUT2D eigenvalue weighted by Gasteiger charge is -2.11. The molecule has 0 fully saturated rings. The van der Waals surface area contributed by atoms with Crippen molar-refractivity contribution in [2.75, 3.05) is 7.11 Å².